The summed E-state index contributed by atoms with van der Waals surface area (Å²) in [7, 11) is 0. The molecule has 2 rings (SSSR count). The van der Waals surface area contributed by atoms with Crippen LogP contribution in [-0.2, 0) is 6.42 Å². The lowest BCUT2D eigenvalue weighted by molar-refractivity contribution is -0.274. The van der Waals surface area contributed by atoms with Gasteiger partial charge in [0.25, 0.3) is 0 Å². The van der Waals surface area contributed by atoms with Crippen molar-refractivity contribution in [2.75, 3.05) is 19.7 Å². The molecule has 0 aliphatic carbocycles. The van der Waals surface area contributed by atoms with Gasteiger partial charge in [0.1, 0.15) is 5.75 Å². The molecule has 0 aliphatic rings. The van der Waals surface area contributed by atoms with E-state index in [0.29, 0.717) is 25.1 Å². The Balaban J connectivity index is 2.16. The first-order valence-electron chi connectivity index (χ1n) is 8.20. The van der Waals surface area contributed by atoms with Gasteiger partial charge in [0.15, 0.2) is 0 Å². The summed E-state index contributed by atoms with van der Waals surface area (Å²) in [5.74, 6) is -0.107. The molecule has 2 aromatic carbocycles. The van der Waals surface area contributed by atoms with E-state index in [1.807, 2.05) is 30.3 Å². The lowest BCUT2D eigenvalue weighted by Crippen LogP contribution is -2.22. The number of ether oxygens (including phenoxy) is 1. The Morgan fingerprint density at radius 2 is 1.64 bits per heavy atom. The number of hydrogen-bond donors (Lipinski definition) is 2. The highest BCUT2D eigenvalue weighted by Gasteiger charge is 2.32. The molecular weight excluding hydrogens is 331 g/mol. The quantitative estimate of drug-likeness (QED) is 0.672. The first kappa shape index (κ1) is 19.3. The van der Waals surface area contributed by atoms with Gasteiger partial charge in [-0.15, -0.1) is 13.2 Å². The second-order valence-corrected chi connectivity index (χ2v) is 5.73. The molecular formula is C19H22F3NO2. The van der Waals surface area contributed by atoms with E-state index >= 15 is 0 Å². The molecule has 136 valence electrons. The molecule has 0 fully saturated rings. The Kier molecular flexibility index (Phi) is 7.28. The number of benzene rings is 2. The van der Waals surface area contributed by atoms with Crippen LogP contribution in [0.3, 0.4) is 0 Å². The summed E-state index contributed by atoms with van der Waals surface area (Å²) >= 11 is 0. The Morgan fingerprint density at radius 1 is 0.960 bits per heavy atom. The van der Waals surface area contributed by atoms with Crippen LogP contribution in [0.15, 0.2) is 54.6 Å². The fourth-order valence-electron chi connectivity index (χ4n) is 2.75. The molecule has 0 radical (unpaired) electrons. The van der Waals surface area contributed by atoms with Gasteiger partial charge in [-0.3, -0.25) is 0 Å². The van der Waals surface area contributed by atoms with Crippen molar-refractivity contribution in [1.82, 2.24) is 5.32 Å². The maximum atomic E-state index is 12.6. The standard InChI is InChI=1S/C19H22F3NO2/c20-19(21,22)25-18-9-5-4-8-17(18)14-16(10-11-23-12-13-24)15-6-2-1-3-7-15/h1-9,16,23-24H,10-14H2/t16-/m0/s1. The zero-order chi connectivity index (χ0) is 18.1. The molecule has 6 heteroatoms. The summed E-state index contributed by atoms with van der Waals surface area (Å²) in [5, 5.41) is 12.0. The Bertz CT molecular complexity index is 632. The normalized spacial score (nSPS) is 12.8. The third-order valence-corrected chi connectivity index (χ3v) is 3.89. The van der Waals surface area contributed by atoms with E-state index in [-0.39, 0.29) is 18.3 Å². The van der Waals surface area contributed by atoms with Crippen LogP contribution in [0, 0.1) is 0 Å². The number of para-hydroxylation sites is 1. The number of halogens is 3. The van der Waals surface area contributed by atoms with E-state index in [1.54, 1.807) is 12.1 Å². The highest BCUT2D eigenvalue weighted by atomic mass is 19.4. The monoisotopic (exact) mass is 353 g/mol. The van der Waals surface area contributed by atoms with Gasteiger partial charge < -0.3 is 15.2 Å². The van der Waals surface area contributed by atoms with Gasteiger partial charge in [0.2, 0.25) is 0 Å². The summed E-state index contributed by atoms with van der Waals surface area (Å²) in [6.07, 6.45) is -3.53. The maximum Gasteiger partial charge on any atom is 0.573 e. The minimum absolute atomic E-state index is 0.0466. The van der Waals surface area contributed by atoms with Crippen molar-refractivity contribution in [2.24, 2.45) is 0 Å². The minimum Gasteiger partial charge on any atom is -0.406 e. The van der Waals surface area contributed by atoms with Crippen LogP contribution in [0.2, 0.25) is 0 Å². The lowest BCUT2D eigenvalue weighted by atomic mass is 9.89. The smallest absolute Gasteiger partial charge is 0.406 e. The zero-order valence-electron chi connectivity index (χ0n) is 13.8. The van der Waals surface area contributed by atoms with E-state index in [0.717, 1.165) is 12.0 Å². The Hall–Kier alpha value is -2.05. The molecule has 0 unspecified atom stereocenters. The molecule has 3 nitrogen and oxygen atoms in total. The minimum atomic E-state index is -4.71. The van der Waals surface area contributed by atoms with Crippen molar-refractivity contribution in [3.8, 4) is 5.75 Å². The van der Waals surface area contributed by atoms with Crippen molar-refractivity contribution >= 4 is 0 Å². The Morgan fingerprint density at radius 3 is 2.32 bits per heavy atom. The predicted octanol–water partition coefficient (Wildman–Crippen LogP) is 3.88. The number of alkyl halides is 3. The van der Waals surface area contributed by atoms with Crippen molar-refractivity contribution in [1.29, 1.82) is 0 Å². The van der Waals surface area contributed by atoms with Crippen molar-refractivity contribution < 1.29 is 23.0 Å². The van der Waals surface area contributed by atoms with Crippen molar-refractivity contribution in [2.45, 2.75) is 25.1 Å². The highest BCUT2D eigenvalue weighted by Crippen LogP contribution is 2.31. The van der Waals surface area contributed by atoms with Gasteiger partial charge in [0, 0.05) is 6.54 Å². The second-order valence-electron chi connectivity index (χ2n) is 5.73. The molecule has 0 bridgehead atoms. The molecule has 1 atom stereocenters. The first-order chi connectivity index (χ1) is 12.0. The van der Waals surface area contributed by atoms with Crippen LogP contribution in [0.25, 0.3) is 0 Å². The summed E-state index contributed by atoms with van der Waals surface area (Å²) in [6, 6.07) is 15.9. The van der Waals surface area contributed by atoms with Crippen LogP contribution in [-0.4, -0.2) is 31.2 Å². The van der Waals surface area contributed by atoms with Gasteiger partial charge >= 0.3 is 6.36 Å². The number of aliphatic hydroxyl groups is 1. The van der Waals surface area contributed by atoms with Crippen LogP contribution < -0.4 is 10.1 Å². The van der Waals surface area contributed by atoms with E-state index in [4.69, 9.17) is 5.11 Å². The number of nitrogens with one attached hydrogen (secondary N) is 1. The fourth-order valence-corrected chi connectivity index (χ4v) is 2.75. The van der Waals surface area contributed by atoms with Gasteiger partial charge in [0.05, 0.1) is 6.61 Å². The third kappa shape index (κ3) is 6.76. The fraction of sp³-hybridized carbons (Fsp3) is 0.368. The molecule has 0 saturated carbocycles. The van der Waals surface area contributed by atoms with Crippen LogP contribution in [0.1, 0.15) is 23.5 Å². The average molecular weight is 353 g/mol. The summed E-state index contributed by atoms with van der Waals surface area (Å²) < 4.78 is 42.0. The highest BCUT2D eigenvalue weighted by molar-refractivity contribution is 5.35. The Labute approximate surface area is 145 Å². The average Bonchev–Trinajstić information content (AvgIpc) is 2.58. The molecule has 25 heavy (non-hydrogen) atoms. The van der Waals surface area contributed by atoms with Crippen LogP contribution in [0.4, 0.5) is 13.2 Å². The molecule has 0 spiro atoms. The molecule has 0 amide bonds. The van der Waals surface area contributed by atoms with Crippen molar-refractivity contribution in [3.63, 3.8) is 0 Å². The van der Waals surface area contributed by atoms with E-state index in [1.165, 1.54) is 12.1 Å². The SMILES string of the molecule is OCCNCC[C@@H](Cc1ccccc1OC(F)(F)F)c1ccccc1. The maximum absolute atomic E-state index is 12.6. The van der Waals surface area contributed by atoms with Crippen molar-refractivity contribution in [3.05, 3.63) is 65.7 Å². The third-order valence-electron chi connectivity index (χ3n) is 3.89. The molecule has 0 aliphatic heterocycles. The molecule has 0 heterocycles. The zero-order valence-corrected chi connectivity index (χ0v) is 13.8. The van der Waals surface area contributed by atoms with E-state index in [2.05, 4.69) is 10.1 Å². The van der Waals surface area contributed by atoms with Gasteiger partial charge in [-0.05, 0) is 42.5 Å². The van der Waals surface area contributed by atoms with E-state index < -0.39 is 6.36 Å². The first-order valence-corrected chi connectivity index (χ1v) is 8.20. The second kappa shape index (κ2) is 9.44. The van der Waals surface area contributed by atoms with Gasteiger partial charge in [-0.25, -0.2) is 0 Å². The van der Waals surface area contributed by atoms with Gasteiger partial charge in [-0.1, -0.05) is 48.5 Å². The molecule has 2 N–H and O–H groups in total. The lowest BCUT2D eigenvalue weighted by Gasteiger charge is -2.20. The molecule has 0 saturated heterocycles. The van der Waals surface area contributed by atoms with E-state index in [9.17, 15) is 13.2 Å². The van der Waals surface area contributed by atoms with Crippen LogP contribution >= 0.6 is 0 Å². The number of hydrogen-bond acceptors (Lipinski definition) is 3. The van der Waals surface area contributed by atoms with Gasteiger partial charge in [-0.2, -0.15) is 0 Å². The topological polar surface area (TPSA) is 41.5 Å². The summed E-state index contributed by atoms with van der Waals surface area (Å²) in [4.78, 5) is 0. The summed E-state index contributed by atoms with van der Waals surface area (Å²) in [5.41, 5.74) is 1.59. The summed E-state index contributed by atoms with van der Waals surface area (Å²) in [6.45, 7) is 1.22. The number of rotatable bonds is 9. The number of aliphatic hydroxyl groups excluding tert-OH is 1. The molecule has 2 aromatic rings. The largest absolute Gasteiger partial charge is 0.573 e. The predicted molar refractivity (Wildman–Crippen MR) is 90.6 cm³/mol. The van der Waals surface area contributed by atoms with Crippen LogP contribution in [0.5, 0.6) is 5.75 Å². The molecule has 0 aromatic heterocycles.